The van der Waals surface area contributed by atoms with Gasteiger partial charge in [0.2, 0.25) is 5.91 Å². The topological polar surface area (TPSA) is 49.4 Å². The number of benzene rings is 2. The van der Waals surface area contributed by atoms with Crippen LogP contribution in [-0.2, 0) is 16.0 Å². The molecule has 0 aromatic heterocycles. The second kappa shape index (κ2) is 9.14. The average molecular weight is 405 g/mol. The molecule has 0 unspecified atom stereocenters. The maximum atomic E-state index is 12.3. The first kappa shape index (κ1) is 19.5. The Labute approximate surface area is 175 Å². The molecule has 1 N–H and O–H groups in total. The molecule has 0 spiro atoms. The fourth-order valence-electron chi connectivity index (χ4n) is 3.50. The van der Waals surface area contributed by atoms with Crippen LogP contribution in [0.4, 0.5) is 5.69 Å². The lowest BCUT2D eigenvalue weighted by Gasteiger charge is -2.25. The minimum Gasteiger partial charge on any atom is -0.339 e. The molecule has 2 amide bonds. The van der Waals surface area contributed by atoms with E-state index in [1.54, 1.807) is 6.08 Å². The number of thioether (sulfide) groups is 1. The predicted molar refractivity (Wildman–Crippen MR) is 119 cm³/mol. The third-order valence-corrected chi connectivity index (χ3v) is 6.32. The van der Waals surface area contributed by atoms with Gasteiger partial charge < -0.3 is 10.2 Å². The lowest BCUT2D eigenvalue weighted by atomic mass is 10.1. The number of carbonyl (C=O) groups is 2. The molecule has 2 aromatic carbocycles. The van der Waals surface area contributed by atoms with Crippen LogP contribution in [0.25, 0.3) is 6.08 Å². The Morgan fingerprint density at radius 1 is 1.03 bits per heavy atom. The number of para-hydroxylation sites is 1. The Balaban J connectivity index is 1.36. The van der Waals surface area contributed by atoms with E-state index in [-0.39, 0.29) is 11.8 Å². The van der Waals surface area contributed by atoms with E-state index in [1.807, 2.05) is 65.6 Å². The van der Waals surface area contributed by atoms with Gasteiger partial charge in [-0.1, -0.05) is 54.2 Å². The molecule has 4 nitrogen and oxygen atoms in total. The molecule has 1 fully saturated rings. The number of rotatable bonds is 4. The van der Waals surface area contributed by atoms with Crippen molar-refractivity contribution in [1.82, 2.24) is 4.90 Å². The van der Waals surface area contributed by atoms with Crippen molar-refractivity contribution in [2.45, 2.75) is 30.6 Å². The summed E-state index contributed by atoms with van der Waals surface area (Å²) in [4.78, 5) is 28.2. The van der Waals surface area contributed by atoms with Gasteiger partial charge in [0, 0.05) is 24.1 Å². The van der Waals surface area contributed by atoms with E-state index in [9.17, 15) is 9.59 Å². The molecule has 2 aliphatic rings. The molecule has 0 aliphatic carbocycles. The molecule has 2 heterocycles. The molecule has 29 heavy (non-hydrogen) atoms. The average Bonchev–Trinajstić information content (AvgIpc) is 2.77. The van der Waals surface area contributed by atoms with Crippen LogP contribution in [0.15, 0.2) is 70.5 Å². The van der Waals surface area contributed by atoms with Crippen molar-refractivity contribution in [2.75, 3.05) is 18.4 Å². The molecule has 5 heteroatoms. The molecular weight excluding hydrogens is 380 g/mol. The fraction of sp³-hybridized carbons (Fsp3) is 0.250. The molecule has 0 bridgehead atoms. The molecule has 1 saturated heterocycles. The Hall–Kier alpha value is -2.79. The number of nitrogens with zero attached hydrogens (tertiary/aromatic N) is 1. The van der Waals surface area contributed by atoms with Gasteiger partial charge in [-0.05, 0) is 55.0 Å². The zero-order valence-electron chi connectivity index (χ0n) is 16.3. The zero-order valence-corrected chi connectivity index (χ0v) is 17.1. The van der Waals surface area contributed by atoms with Gasteiger partial charge in [0.25, 0.3) is 5.91 Å². The second-order valence-electron chi connectivity index (χ2n) is 7.29. The standard InChI is InChI=1S/C24H24N2O2S/c27-23(26-16-4-1-5-17-26)15-13-19-10-8-18(9-11-19)12-14-22-24(28)25-20-6-2-3-7-21(20)29-22/h2-3,6-11,13-15H,1,4-5,12,16-17H2,(H,25,28)/b15-13+,22-14-. The highest BCUT2D eigenvalue weighted by atomic mass is 32.2. The number of carbonyl (C=O) groups excluding carboxylic acids is 2. The van der Waals surface area contributed by atoms with Gasteiger partial charge >= 0.3 is 0 Å². The molecule has 0 atom stereocenters. The number of amides is 2. The Bertz CT molecular complexity index is 957. The van der Waals surface area contributed by atoms with Gasteiger partial charge in [-0.25, -0.2) is 0 Å². The normalized spacial score (nSPS) is 18.0. The SMILES string of the molecule is O=C1Nc2ccccc2S/C1=C\Cc1ccc(/C=C/C(=O)N2CCCCC2)cc1. The molecule has 0 saturated carbocycles. The molecule has 2 aliphatic heterocycles. The van der Waals surface area contributed by atoms with Crippen molar-refractivity contribution in [1.29, 1.82) is 0 Å². The van der Waals surface area contributed by atoms with Crippen LogP contribution >= 0.6 is 11.8 Å². The van der Waals surface area contributed by atoms with Crippen LogP contribution in [0.2, 0.25) is 0 Å². The van der Waals surface area contributed by atoms with Crippen LogP contribution in [-0.4, -0.2) is 29.8 Å². The monoisotopic (exact) mass is 404 g/mol. The largest absolute Gasteiger partial charge is 0.339 e. The summed E-state index contributed by atoms with van der Waals surface area (Å²) in [6, 6.07) is 15.9. The van der Waals surface area contributed by atoms with Crippen molar-refractivity contribution in [3.8, 4) is 0 Å². The van der Waals surface area contributed by atoms with Crippen molar-refractivity contribution in [2.24, 2.45) is 0 Å². The van der Waals surface area contributed by atoms with Crippen LogP contribution in [0.1, 0.15) is 30.4 Å². The van der Waals surface area contributed by atoms with E-state index >= 15 is 0 Å². The van der Waals surface area contributed by atoms with Gasteiger partial charge in [-0.15, -0.1) is 0 Å². The first-order valence-corrected chi connectivity index (χ1v) is 10.8. The van der Waals surface area contributed by atoms with E-state index in [2.05, 4.69) is 5.32 Å². The van der Waals surface area contributed by atoms with Crippen molar-refractivity contribution >= 4 is 35.3 Å². The van der Waals surface area contributed by atoms with Gasteiger partial charge in [-0.2, -0.15) is 0 Å². The van der Waals surface area contributed by atoms with Gasteiger partial charge in [0.15, 0.2) is 0 Å². The summed E-state index contributed by atoms with van der Waals surface area (Å²) < 4.78 is 0. The summed E-state index contributed by atoms with van der Waals surface area (Å²) >= 11 is 1.51. The van der Waals surface area contributed by atoms with Gasteiger partial charge in [0.05, 0.1) is 10.6 Å². The third-order valence-electron chi connectivity index (χ3n) is 5.17. The quantitative estimate of drug-likeness (QED) is 0.739. The number of likely N-dealkylation sites (tertiary alicyclic amines) is 1. The molecule has 0 radical (unpaired) electrons. The summed E-state index contributed by atoms with van der Waals surface area (Å²) in [5.41, 5.74) is 3.00. The van der Waals surface area contributed by atoms with E-state index in [1.165, 1.54) is 18.2 Å². The number of nitrogens with one attached hydrogen (secondary N) is 1. The molecule has 148 valence electrons. The fourth-order valence-corrected chi connectivity index (χ4v) is 4.43. The minimum absolute atomic E-state index is 0.0514. The summed E-state index contributed by atoms with van der Waals surface area (Å²) in [5, 5.41) is 2.94. The smallest absolute Gasteiger partial charge is 0.262 e. The lowest BCUT2D eigenvalue weighted by Crippen LogP contribution is -2.34. The Morgan fingerprint density at radius 3 is 2.59 bits per heavy atom. The second-order valence-corrected chi connectivity index (χ2v) is 8.37. The number of hydrogen-bond acceptors (Lipinski definition) is 3. The number of hydrogen-bond donors (Lipinski definition) is 1. The van der Waals surface area contributed by atoms with E-state index in [4.69, 9.17) is 0 Å². The summed E-state index contributed by atoms with van der Waals surface area (Å²) in [5.74, 6) is 0.0450. The lowest BCUT2D eigenvalue weighted by molar-refractivity contribution is -0.126. The highest BCUT2D eigenvalue weighted by Gasteiger charge is 2.20. The maximum Gasteiger partial charge on any atom is 0.262 e. The van der Waals surface area contributed by atoms with Crippen molar-refractivity contribution < 1.29 is 9.59 Å². The van der Waals surface area contributed by atoms with Crippen LogP contribution < -0.4 is 5.32 Å². The first-order valence-electron chi connectivity index (χ1n) is 10.0. The van der Waals surface area contributed by atoms with Gasteiger partial charge in [0.1, 0.15) is 0 Å². The number of fused-ring (bicyclic) bond motifs is 1. The highest BCUT2D eigenvalue weighted by molar-refractivity contribution is 8.04. The van der Waals surface area contributed by atoms with Gasteiger partial charge in [-0.3, -0.25) is 9.59 Å². The highest BCUT2D eigenvalue weighted by Crippen LogP contribution is 2.37. The Morgan fingerprint density at radius 2 is 1.79 bits per heavy atom. The molecule has 4 rings (SSSR count). The summed E-state index contributed by atoms with van der Waals surface area (Å²) in [6.07, 6.45) is 9.63. The minimum atomic E-state index is -0.0514. The first-order chi connectivity index (χ1) is 14.2. The number of piperidine rings is 1. The zero-order chi connectivity index (χ0) is 20.1. The summed E-state index contributed by atoms with van der Waals surface area (Å²) in [6.45, 7) is 1.74. The molecule has 2 aromatic rings. The number of allylic oxidation sites excluding steroid dienone is 1. The summed E-state index contributed by atoms with van der Waals surface area (Å²) in [7, 11) is 0. The maximum absolute atomic E-state index is 12.3. The van der Waals surface area contributed by atoms with Crippen molar-refractivity contribution in [3.63, 3.8) is 0 Å². The van der Waals surface area contributed by atoms with E-state index in [0.29, 0.717) is 6.42 Å². The van der Waals surface area contributed by atoms with E-state index < -0.39 is 0 Å². The van der Waals surface area contributed by atoms with Crippen LogP contribution in [0, 0.1) is 0 Å². The van der Waals surface area contributed by atoms with Crippen LogP contribution in [0.3, 0.4) is 0 Å². The third kappa shape index (κ3) is 4.98. The van der Waals surface area contributed by atoms with Crippen LogP contribution in [0.5, 0.6) is 0 Å². The van der Waals surface area contributed by atoms with E-state index in [0.717, 1.165) is 52.5 Å². The molecular formula is C24H24N2O2S. The predicted octanol–water partition coefficient (Wildman–Crippen LogP) is 4.88. The Kier molecular flexibility index (Phi) is 6.15. The van der Waals surface area contributed by atoms with Crippen molar-refractivity contribution in [3.05, 3.63) is 76.7 Å². The number of anilines is 1.